The van der Waals surface area contributed by atoms with Crippen LogP contribution in [0.25, 0.3) is 0 Å². The highest BCUT2D eigenvalue weighted by atomic mass is 16.4. The average Bonchev–Trinajstić information content (AvgIpc) is 3.14. The highest BCUT2D eigenvalue weighted by molar-refractivity contribution is 5.74. The Morgan fingerprint density at radius 1 is 1.29 bits per heavy atom. The molecule has 1 heterocycles. The summed E-state index contributed by atoms with van der Waals surface area (Å²) in [6, 6.07) is 0. The summed E-state index contributed by atoms with van der Waals surface area (Å²) in [4.78, 5) is 11.7. The first-order valence-corrected chi connectivity index (χ1v) is 8.03. The van der Waals surface area contributed by atoms with E-state index < -0.39 is 11.4 Å². The van der Waals surface area contributed by atoms with Crippen molar-refractivity contribution in [3.8, 4) is 0 Å². The lowest BCUT2D eigenvalue weighted by molar-refractivity contribution is -0.150. The summed E-state index contributed by atoms with van der Waals surface area (Å²) in [7, 11) is 0. The topological polar surface area (TPSA) is 80.9 Å². The van der Waals surface area contributed by atoms with Crippen molar-refractivity contribution in [1.82, 2.24) is 20.2 Å². The Kier molecular flexibility index (Phi) is 4.64. The molecule has 1 fully saturated rings. The molecule has 0 bridgehead atoms. The molecule has 1 N–H and O–H groups in total. The molecule has 0 spiro atoms. The number of carbonyl (C=O) groups is 1. The van der Waals surface area contributed by atoms with Crippen LogP contribution in [-0.2, 0) is 16.8 Å². The van der Waals surface area contributed by atoms with Crippen molar-refractivity contribution >= 4 is 5.97 Å². The van der Waals surface area contributed by atoms with Crippen molar-refractivity contribution in [2.24, 2.45) is 5.41 Å². The fourth-order valence-corrected chi connectivity index (χ4v) is 3.61. The van der Waals surface area contributed by atoms with Gasteiger partial charge in [0.25, 0.3) is 0 Å². The Morgan fingerprint density at radius 3 is 2.38 bits per heavy atom. The molecule has 1 aromatic heterocycles. The first-order valence-electron chi connectivity index (χ1n) is 8.03. The molecule has 118 valence electrons. The lowest BCUT2D eigenvalue weighted by Crippen LogP contribution is -2.37. The van der Waals surface area contributed by atoms with Crippen molar-refractivity contribution in [3.05, 3.63) is 5.82 Å². The zero-order valence-corrected chi connectivity index (χ0v) is 13.3. The number of carboxylic acids is 1. The van der Waals surface area contributed by atoms with E-state index in [0.29, 0.717) is 19.4 Å². The smallest absolute Gasteiger partial charge is 0.311 e. The van der Waals surface area contributed by atoms with Crippen LogP contribution in [0.2, 0.25) is 0 Å². The molecule has 1 aromatic rings. The van der Waals surface area contributed by atoms with Crippen LogP contribution < -0.4 is 0 Å². The van der Waals surface area contributed by atoms with Gasteiger partial charge in [0, 0.05) is 5.41 Å². The van der Waals surface area contributed by atoms with Crippen LogP contribution >= 0.6 is 0 Å². The molecule has 0 amide bonds. The van der Waals surface area contributed by atoms with Crippen LogP contribution in [0.15, 0.2) is 0 Å². The van der Waals surface area contributed by atoms with Crippen molar-refractivity contribution in [1.29, 1.82) is 0 Å². The maximum atomic E-state index is 11.7. The summed E-state index contributed by atoms with van der Waals surface area (Å²) < 4.78 is 1.76. The lowest BCUT2D eigenvalue weighted by atomic mass is 9.80. The van der Waals surface area contributed by atoms with Crippen LogP contribution in [0.1, 0.15) is 71.5 Å². The van der Waals surface area contributed by atoms with E-state index in [1.165, 1.54) is 12.8 Å². The van der Waals surface area contributed by atoms with E-state index in [9.17, 15) is 9.90 Å². The third-order valence-corrected chi connectivity index (χ3v) is 5.50. The number of hydrogen-bond donors (Lipinski definition) is 1. The largest absolute Gasteiger partial charge is 0.481 e. The van der Waals surface area contributed by atoms with Gasteiger partial charge in [0.05, 0.1) is 12.0 Å². The standard InChI is InChI=1S/C15H26N4O2/c1-4-14(5-2,13(20)21)11-19-12(16-17-18-19)15(6-3)9-7-8-10-15/h4-11H2,1-3H3,(H,20,21). The second-order valence-electron chi connectivity index (χ2n) is 6.29. The van der Waals surface area contributed by atoms with Crippen LogP contribution in [0.3, 0.4) is 0 Å². The van der Waals surface area contributed by atoms with Gasteiger partial charge < -0.3 is 5.11 Å². The van der Waals surface area contributed by atoms with Gasteiger partial charge in [0.2, 0.25) is 0 Å². The molecule has 6 nitrogen and oxygen atoms in total. The summed E-state index contributed by atoms with van der Waals surface area (Å²) >= 11 is 0. The second kappa shape index (κ2) is 6.12. The minimum absolute atomic E-state index is 0.0369. The molecule has 1 aliphatic carbocycles. The molecule has 1 saturated carbocycles. The maximum Gasteiger partial charge on any atom is 0.311 e. The van der Waals surface area contributed by atoms with Gasteiger partial charge in [-0.3, -0.25) is 4.79 Å². The van der Waals surface area contributed by atoms with Gasteiger partial charge in [0.1, 0.15) is 0 Å². The maximum absolute atomic E-state index is 11.7. The Bertz CT molecular complexity index is 488. The van der Waals surface area contributed by atoms with E-state index in [0.717, 1.165) is 25.1 Å². The van der Waals surface area contributed by atoms with E-state index >= 15 is 0 Å². The molecule has 0 radical (unpaired) electrons. The summed E-state index contributed by atoms with van der Waals surface area (Å²) in [5.41, 5.74) is -0.743. The predicted molar refractivity (Wildman–Crippen MR) is 78.9 cm³/mol. The minimum Gasteiger partial charge on any atom is -0.481 e. The van der Waals surface area contributed by atoms with Crippen molar-refractivity contribution in [2.45, 2.75) is 77.7 Å². The van der Waals surface area contributed by atoms with Gasteiger partial charge in [-0.15, -0.1) is 5.10 Å². The highest BCUT2D eigenvalue weighted by Gasteiger charge is 2.42. The van der Waals surface area contributed by atoms with E-state index in [1.807, 2.05) is 13.8 Å². The van der Waals surface area contributed by atoms with Crippen molar-refractivity contribution < 1.29 is 9.90 Å². The van der Waals surface area contributed by atoms with Gasteiger partial charge >= 0.3 is 5.97 Å². The first-order chi connectivity index (χ1) is 10.0. The zero-order valence-electron chi connectivity index (χ0n) is 13.3. The molecule has 1 aliphatic rings. The molecule has 0 unspecified atom stereocenters. The van der Waals surface area contributed by atoms with Crippen LogP contribution in [-0.4, -0.2) is 31.3 Å². The number of carboxylic acid groups (broad SMARTS) is 1. The highest BCUT2D eigenvalue weighted by Crippen LogP contribution is 2.43. The molecular weight excluding hydrogens is 268 g/mol. The van der Waals surface area contributed by atoms with Crippen molar-refractivity contribution in [3.63, 3.8) is 0 Å². The lowest BCUT2D eigenvalue weighted by Gasteiger charge is -2.30. The Labute approximate surface area is 125 Å². The van der Waals surface area contributed by atoms with Gasteiger partial charge in [-0.25, -0.2) is 4.68 Å². The average molecular weight is 294 g/mol. The second-order valence-corrected chi connectivity index (χ2v) is 6.29. The number of tetrazole rings is 1. The van der Waals surface area contributed by atoms with E-state index in [4.69, 9.17) is 0 Å². The third kappa shape index (κ3) is 2.68. The summed E-state index contributed by atoms with van der Waals surface area (Å²) in [6.45, 7) is 6.38. The summed E-state index contributed by atoms with van der Waals surface area (Å²) in [6.07, 6.45) is 6.77. The fourth-order valence-electron chi connectivity index (χ4n) is 3.61. The summed E-state index contributed by atoms with van der Waals surface area (Å²) in [5, 5.41) is 21.8. The SMILES string of the molecule is CCC(CC)(Cn1nnnc1C1(CC)CCCC1)C(=O)O. The number of aliphatic carboxylic acids is 1. The van der Waals surface area contributed by atoms with E-state index in [2.05, 4.69) is 22.4 Å². The van der Waals surface area contributed by atoms with E-state index in [-0.39, 0.29) is 5.41 Å². The molecule has 6 heteroatoms. The van der Waals surface area contributed by atoms with Crippen LogP contribution in [0.5, 0.6) is 0 Å². The zero-order chi connectivity index (χ0) is 15.5. The molecule has 0 aliphatic heterocycles. The molecule has 0 atom stereocenters. The van der Waals surface area contributed by atoms with Gasteiger partial charge in [-0.2, -0.15) is 0 Å². The fraction of sp³-hybridized carbons (Fsp3) is 0.867. The molecule has 2 rings (SSSR count). The number of aromatic nitrogens is 4. The monoisotopic (exact) mass is 294 g/mol. The molecule has 21 heavy (non-hydrogen) atoms. The first kappa shape index (κ1) is 15.9. The van der Waals surface area contributed by atoms with E-state index in [1.54, 1.807) is 4.68 Å². The van der Waals surface area contributed by atoms with Gasteiger partial charge in [-0.1, -0.05) is 33.6 Å². The summed E-state index contributed by atoms with van der Waals surface area (Å²) in [5.74, 6) is 0.126. The van der Waals surface area contributed by atoms with Gasteiger partial charge in [0.15, 0.2) is 5.82 Å². The number of rotatable bonds is 7. The van der Waals surface area contributed by atoms with Crippen LogP contribution in [0, 0.1) is 5.41 Å². The van der Waals surface area contributed by atoms with Crippen molar-refractivity contribution in [2.75, 3.05) is 0 Å². The van der Waals surface area contributed by atoms with Crippen LogP contribution in [0.4, 0.5) is 0 Å². The molecular formula is C15H26N4O2. The Balaban J connectivity index is 2.34. The normalized spacial score (nSPS) is 18.0. The molecule has 0 saturated heterocycles. The molecule has 0 aromatic carbocycles. The third-order valence-electron chi connectivity index (χ3n) is 5.50. The minimum atomic E-state index is -0.780. The Hall–Kier alpha value is -1.46. The number of nitrogens with zero attached hydrogens (tertiary/aromatic N) is 4. The van der Waals surface area contributed by atoms with Gasteiger partial charge in [-0.05, 0) is 42.5 Å². The number of hydrogen-bond acceptors (Lipinski definition) is 4. The Morgan fingerprint density at radius 2 is 1.90 bits per heavy atom. The predicted octanol–water partition coefficient (Wildman–Crippen LogP) is 2.79. The quantitative estimate of drug-likeness (QED) is 0.836.